The average Bonchev–Trinajstić information content (AvgIpc) is 3.21. The Labute approximate surface area is 208 Å². The minimum Gasteiger partial charge on any atom is -0.465 e. The van der Waals surface area contributed by atoms with Crippen molar-refractivity contribution in [1.29, 1.82) is 0 Å². The number of methoxy groups -OCH3 is 1. The van der Waals surface area contributed by atoms with E-state index in [-0.39, 0.29) is 10.9 Å². The maximum absolute atomic E-state index is 13.5. The van der Waals surface area contributed by atoms with Crippen LogP contribution in [0.1, 0.15) is 46.3 Å². The minimum absolute atomic E-state index is 0.113. The first-order valence-corrected chi connectivity index (χ1v) is 12.6. The summed E-state index contributed by atoms with van der Waals surface area (Å²) in [5.74, 6) is -0.991. The molecular formula is C24H22F3N3O3S2. The number of thiophene rings is 1. The number of ether oxygens (including phenoxy) is 1. The monoisotopic (exact) mass is 521 g/mol. The fraction of sp³-hybridized carbons (Fsp3) is 0.333. The number of aryl methyl sites for hydroxylation is 1. The minimum atomic E-state index is -4.67. The Balaban J connectivity index is 1.59. The molecule has 1 amide bonds. The molecule has 0 aliphatic heterocycles. The Bertz CT molecular complexity index is 1250. The van der Waals surface area contributed by atoms with Gasteiger partial charge in [0, 0.05) is 10.4 Å². The topological polar surface area (TPSA) is 81.2 Å². The molecule has 0 spiro atoms. The lowest BCUT2D eigenvalue weighted by molar-refractivity contribution is -0.141. The van der Waals surface area contributed by atoms with Gasteiger partial charge in [0.15, 0.2) is 5.16 Å². The highest BCUT2D eigenvalue weighted by Gasteiger charge is 2.34. The molecule has 0 fully saturated rings. The van der Waals surface area contributed by atoms with Crippen molar-refractivity contribution < 1.29 is 27.5 Å². The van der Waals surface area contributed by atoms with Crippen LogP contribution >= 0.6 is 23.1 Å². The molecule has 1 aliphatic rings. The molecule has 2 aromatic heterocycles. The summed E-state index contributed by atoms with van der Waals surface area (Å²) in [6, 6.07) is 9.35. The predicted molar refractivity (Wildman–Crippen MR) is 129 cm³/mol. The van der Waals surface area contributed by atoms with Crippen LogP contribution in [-0.2, 0) is 28.5 Å². The van der Waals surface area contributed by atoms with Crippen LogP contribution in [0.5, 0.6) is 0 Å². The lowest BCUT2D eigenvalue weighted by Crippen LogP contribution is -2.23. The van der Waals surface area contributed by atoms with Crippen LogP contribution in [0.15, 0.2) is 41.6 Å². The second kappa shape index (κ2) is 10.4. The van der Waals surface area contributed by atoms with Crippen LogP contribution in [-0.4, -0.2) is 34.2 Å². The fourth-order valence-electron chi connectivity index (χ4n) is 3.78. The molecule has 3 aromatic rings. The quantitative estimate of drug-likeness (QED) is 0.243. The summed E-state index contributed by atoms with van der Waals surface area (Å²) in [6.45, 7) is 1.55. The standard InChI is InChI=1S/C24H22F3N3O3S2/c1-13(20(31)30-21-19(22(32)33-2)15-10-6-7-11-17(15)35-21)34-23-28-16(14-8-4-3-5-9-14)12-18(29-23)24(25,26)27/h3-5,8-9,12-13H,6-7,10-11H2,1-2H3,(H,30,31)/t13-/m0/s1. The van der Waals surface area contributed by atoms with Crippen LogP contribution in [0.3, 0.4) is 0 Å². The zero-order valence-corrected chi connectivity index (χ0v) is 20.6. The predicted octanol–water partition coefficient (Wildman–Crippen LogP) is 6.01. The number of hydrogen-bond donors (Lipinski definition) is 1. The molecule has 35 heavy (non-hydrogen) atoms. The summed E-state index contributed by atoms with van der Waals surface area (Å²) in [5, 5.41) is 2.18. The normalized spacial score (nSPS) is 14.2. The third kappa shape index (κ3) is 5.67. The van der Waals surface area contributed by atoms with E-state index < -0.39 is 29.0 Å². The smallest absolute Gasteiger partial charge is 0.433 e. The van der Waals surface area contributed by atoms with Crippen molar-refractivity contribution in [2.75, 3.05) is 12.4 Å². The van der Waals surface area contributed by atoms with E-state index in [0.717, 1.165) is 54.0 Å². The third-order valence-corrected chi connectivity index (χ3v) is 7.68. The van der Waals surface area contributed by atoms with Gasteiger partial charge >= 0.3 is 12.1 Å². The molecule has 1 aliphatic carbocycles. The fourth-order valence-corrected chi connectivity index (χ4v) is 5.84. The highest BCUT2D eigenvalue weighted by molar-refractivity contribution is 8.00. The van der Waals surface area contributed by atoms with Crippen molar-refractivity contribution in [3.8, 4) is 11.3 Å². The molecule has 2 heterocycles. The number of thioether (sulfide) groups is 1. The number of carbonyl (C=O) groups excluding carboxylic acids is 2. The molecule has 0 saturated carbocycles. The van der Waals surface area contributed by atoms with E-state index in [1.54, 1.807) is 37.3 Å². The molecule has 184 valence electrons. The number of amides is 1. The van der Waals surface area contributed by atoms with Gasteiger partial charge in [-0.2, -0.15) is 13.2 Å². The first-order valence-electron chi connectivity index (χ1n) is 10.9. The van der Waals surface area contributed by atoms with Gasteiger partial charge in [0.05, 0.1) is 23.6 Å². The molecule has 0 saturated heterocycles. The van der Waals surface area contributed by atoms with E-state index in [4.69, 9.17) is 4.74 Å². The number of rotatable bonds is 6. The number of fused-ring (bicyclic) bond motifs is 1. The van der Waals surface area contributed by atoms with Gasteiger partial charge in [-0.1, -0.05) is 42.1 Å². The lowest BCUT2D eigenvalue weighted by Gasteiger charge is -2.14. The Hall–Kier alpha value is -2.92. The van der Waals surface area contributed by atoms with Gasteiger partial charge in [-0.25, -0.2) is 14.8 Å². The number of hydrogen-bond acceptors (Lipinski definition) is 7. The van der Waals surface area contributed by atoms with Crippen LogP contribution < -0.4 is 5.32 Å². The molecule has 0 radical (unpaired) electrons. The number of anilines is 1. The van der Waals surface area contributed by atoms with E-state index in [0.29, 0.717) is 16.1 Å². The summed E-state index contributed by atoms with van der Waals surface area (Å²) >= 11 is 2.16. The van der Waals surface area contributed by atoms with Gasteiger partial charge in [0.1, 0.15) is 10.7 Å². The summed E-state index contributed by atoms with van der Waals surface area (Å²) < 4.78 is 45.4. The Morgan fingerprint density at radius 1 is 1.14 bits per heavy atom. The molecule has 0 unspecified atom stereocenters. The summed E-state index contributed by atoms with van der Waals surface area (Å²) in [4.78, 5) is 34.3. The van der Waals surface area contributed by atoms with Crippen molar-refractivity contribution in [1.82, 2.24) is 9.97 Å². The van der Waals surface area contributed by atoms with Crippen molar-refractivity contribution >= 4 is 40.0 Å². The number of nitrogens with one attached hydrogen (secondary N) is 1. The number of benzene rings is 1. The summed E-state index contributed by atoms with van der Waals surface area (Å²) in [6.07, 6.45) is -1.16. The molecule has 4 rings (SSSR count). The van der Waals surface area contributed by atoms with Crippen LogP contribution in [0.25, 0.3) is 11.3 Å². The third-order valence-electron chi connectivity index (χ3n) is 5.51. The van der Waals surface area contributed by atoms with Crippen LogP contribution in [0.4, 0.5) is 18.2 Å². The molecule has 0 bridgehead atoms. The van der Waals surface area contributed by atoms with E-state index in [1.807, 2.05) is 0 Å². The lowest BCUT2D eigenvalue weighted by atomic mass is 9.95. The number of esters is 1. The van der Waals surface area contributed by atoms with Crippen molar-refractivity contribution in [3.63, 3.8) is 0 Å². The maximum atomic E-state index is 13.5. The molecule has 11 heteroatoms. The summed E-state index contributed by atoms with van der Waals surface area (Å²) in [7, 11) is 1.29. The first-order chi connectivity index (χ1) is 16.7. The van der Waals surface area contributed by atoms with E-state index in [1.165, 1.54) is 18.4 Å². The van der Waals surface area contributed by atoms with Gasteiger partial charge in [-0.05, 0) is 44.2 Å². The van der Waals surface area contributed by atoms with Gasteiger partial charge in [0.25, 0.3) is 0 Å². The molecule has 1 N–H and O–H groups in total. The summed E-state index contributed by atoms with van der Waals surface area (Å²) in [5.41, 5.74) is 0.797. The van der Waals surface area contributed by atoms with E-state index in [9.17, 15) is 22.8 Å². The van der Waals surface area contributed by atoms with Crippen molar-refractivity contribution in [3.05, 3.63) is 58.1 Å². The number of aromatic nitrogens is 2. The van der Waals surface area contributed by atoms with Gasteiger partial charge < -0.3 is 10.1 Å². The Morgan fingerprint density at radius 3 is 2.54 bits per heavy atom. The maximum Gasteiger partial charge on any atom is 0.433 e. The number of nitrogens with zero attached hydrogens (tertiary/aromatic N) is 2. The Kier molecular flexibility index (Phi) is 7.46. The Morgan fingerprint density at radius 2 is 1.86 bits per heavy atom. The highest BCUT2D eigenvalue weighted by Crippen LogP contribution is 2.39. The van der Waals surface area contributed by atoms with Gasteiger partial charge in [-0.3, -0.25) is 4.79 Å². The molecule has 1 aromatic carbocycles. The number of alkyl halides is 3. The van der Waals surface area contributed by atoms with Crippen LogP contribution in [0.2, 0.25) is 0 Å². The highest BCUT2D eigenvalue weighted by atomic mass is 32.2. The zero-order valence-electron chi connectivity index (χ0n) is 18.9. The van der Waals surface area contributed by atoms with E-state index in [2.05, 4.69) is 15.3 Å². The van der Waals surface area contributed by atoms with Gasteiger partial charge in [-0.15, -0.1) is 11.3 Å². The molecular weight excluding hydrogens is 499 g/mol. The van der Waals surface area contributed by atoms with Crippen molar-refractivity contribution in [2.24, 2.45) is 0 Å². The second-order valence-corrected chi connectivity index (χ2v) is 10.4. The number of carbonyl (C=O) groups is 2. The zero-order chi connectivity index (χ0) is 25.2. The van der Waals surface area contributed by atoms with Gasteiger partial charge in [0.2, 0.25) is 5.91 Å². The molecule has 6 nitrogen and oxygen atoms in total. The number of halogens is 3. The SMILES string of the molecule is COC(=O)c1c(NC(=O)[C@H](C)Sc2nc(-c3ccccc3)cc(C(F)(F)F)n2)sc2c1CCCC2. The second-order valence-electron chi connectivity index (χ2n) is 7.94. The van der Waals surface area contributed by atoms with Crippen LogP contribution in [0, 0.1) is 0 Å². The van der Waals surface area contributed by atoms with Crippen molar-refractivity contribution in [2.45, 2.75) is 49.2 Å². The average molecular weight is 522 g/mol. The largest absolute Gasteiger partial charge is 0.465 e. The molecule has 1 atom stereocenters. The first kappa shape index (κ1) is 25.2. The van der Waals surface area contributed by atoms with E-state index >= 15 is 0 Å².